The van der Waals surface area contributed by atoms with Gasteiger partial charge in [-0.05, 0) is 13.8 Å². The monoisotopic (exact) mass is 146 g/mol. The van der Waals surface area contributed by atoms with E-state index in [9.17, 15) is 0 Å². The molecule has 0 bridgehead atoms. The summed E-state index contributed by atoms with van der Waals surface area (Å²) in [6, 6.07) is 0.487. The Hall–Kier alpha value is -0.240. The van der Waals surface area contributed by atoms with Gasteiger partial charge in [-0.2, -0.15) is 5.10 Å². The molecule has 0 fully saturated rings. The van der Waals surface area contributed by atoms with Crippen LogP contribution in [0.2, 0.25) is 0 Å². The molecule has 1 aliphatic rings. The maximum absolute atomic E-state index is 5.66. The molecule has 9 heavy (non-hydrogen) atoms. The molecule has 3 heteroatoms. The molecule has 1 heterocycles. The highest BCUT2D eigenvalue weighted by atomic mass is 35.5. The summed E-state index contributed by atoms with van der Waals surface area (Å²) < 4.78 is 0. The minimum atomic E-state index is 0.487. The van der Waals surface area contributed by atoms with Gasteiger partial charge in [-0.15, -0.1) is 0 Å². The van der Waals surface area contributed by atoms with Crippen molar-refractivity contribution in [3.05, 3.63) is 0 Å². The van der Waals surface area contributed by atoms with Gasteiger partial charge in [-0.3, -0.25) is 5.01 Å². The fourth-order valence-corrected chi connectivity index (χ4v) is 1.00. The van der Waals surface area contributed by atoms with E-state index in [-0.39, 0.29) is 0 Å². The van der Waals surface area contributed by atoms with E-state index >= 15 is 0 Å². The highest BCUT2D eigenvalue weighted by molar-refractivity contribution is 6.65. The zero-order valence-corrected chi connectivity index (χ0v) is 6.52. The molecule has 1 rings (SSSR count). The van der Waals surface area contributed by atoms with Gasteiger partial charge in [0.1, 0.15) is 5.17 Å². The van der Waals surface area contributed by atoms with Gasteiger partial charge in [0.05, 0.1) is 0 Å². The molecular weight excluding hydrogens is 136 g/mol. The third-order valence-electron chi connectivity index (χ3n) is 1.38. The van der Waals surface area contributed by atoms with E-state index in [1.807, 2.05) is 5.01 Å². The third-order valence-corrected chi connectivity index (χ3v) is 1.64. The van der Waals surface area contributed by atoms with Crippen LogP contribution >= 0.6 is 11.6 Å². The van der Waals surface area contributed by atoms with Crippen molar-refractivity contribution in [1.82, 2.24) is 5.01 Å². The lowest BCUT2D eigenvalue weighted by atomic mass is 10.4. The van der Waals surface area contributed by atoms with Gasteiger partial charge in [0.15, 0.2) is 0 Å². The third kappa shape index (κ3) is 1.58. The smallest absolute Gasteiger partial charge is 0.128 e. The molecule has 0 aromatic rings. The molecule has 1 aliphatic heterocycles. The van der Waals surface area contributed by atoms with Crippen LogP contribution in [0.3, 0.4) is 0 Å². The molecule has 0 saturated heterocycles. The molecule has 0 unspecified atom stereocenters. The molecule has 0 saturated carbocycles. The predicted octanol–water partition coefficient (Wildman–Crippen LogP) is 1.65. The molecular formula is C6H11ClN2. The second-order valence-corrected chi connectivity index (χ2v) is 2.92. The fourth-order valence-electron chi connectivity index (χ4n) is 0.820. The van der Waals surface area contributed by atoms with Gasteiger partial charge in [0.25, 0.3) is 0 Å². The van der Waals surface area contributed by atoms with Crippen molar-refractivity contribution in [1.29, 1.82) is 0 Å². The summed E-state index contributed by atoms with van der Waals surface area (Å²) in [5.74, 6) is 0. The lowest BCUT2D eigenvalue weighted by molar-refractivity contribution is 0.258. The van der Waals surface area contributed by atoms with E-state index in [1.54, 1.807) is 0 Å². The Balaban J connectivity index is 2.47. The summed E-state index contributed by atoms with van der Waals surface area (Å²) >= 11 is 5.66. The number of halogens is 1. The largest absolute Gasteiger partial charge is 0.293 e. The normalized spacial score (nSPS) is 19.1. The van der Waals surface area contributed by atoms with Crippen LogP contribution in [0.15, 0.2) is 5.10 Å². The Morgan fingerprint density at radius 1 is 1.67 bits per heavy atom. The fraction of sp³-hybridized carbons (Fsp3) is 0.833. The summed E-state index contributed by atoms with van der Waals surface area (Å²) in [5.41, 5.74) is 0. The van der Waals surface area contributed by atoms with Gasteiger partial charge >= 0.3 is 0 Å². The topological polar surface area (TPSA) is 15.6 Å². The van der Waals surface area contributed by atoms with E-state index in [4.69, 9.17) is 11.6 Å². The van der Waals surface area contributed by atoms with Crippen LogP contribution in [0.25, 0.3) is 0 Å². The second-order valence-electron chi connectivity index (χ2n) is 2.48. The summed E-state index contributed by atoms with van der Waals surface area (Å²) in [6.07, 6.45) is 0.916. The van der Waals surface area contributed by atoms with Crippen LogP contribution in [0, 0.1) is 0 Å². The molecule has 0 spiro atoms. The molecule has 0 aliphatic carbocycles. The molecule has 0 aromatic carbocycles. The molecule has 0 aromatic heterocycles. The van der Waals surface area contributed by atoms with Crippen LogP contribution in [-0.2, 0) is 0 Å². The first-order chi connectivity index (χ1) is 4.20. The molecule has 0 amide bonds. The average Bonchev–Trinajstić information content (AvgIpc) is 2.14. The first-order valence-corrected chi connectivity index (χ1v) is 3.57. The Morgan fingerprint density at radius 2 is 2.33 bits per heavy atom. The van der Waals surface area contributed by atoms with E-state index in [2.05, 4.69) is 18.9 Å². The number of rotatable bonds is 1. The predicted molar refractivity (Wildman–Crippen MR) is 39.7 cm³/mol. The minimum absolute atomic E-state index is 0.487. The number of hydrogen-bond donors (Lipinski definition) is 0. The Morgan fingerprint density at radius 3 is 2.56 bits per heavy atom. The van der Waals surface area contributed by atoms with Crippen molar-refractivity contribution in [2.24, 2.45) is 5.10 Å². The summed E-state index contributed by atoms with van der Waals surface area (Å²) in [4.78, 5) is 0. The van der Waals surface area contributed by atoms with Crippen LogP contribution < -0.4 is 0 Å². The maximum Gasteiger partial charge on any atom is 0.128 e. The second kappa shape index (κ2) is 2.56. The zero-order valence-electron chi connectivity index (χ0n) is 5.76. The number of hydrogen-bond acceptors (Lipinski definition) is 2. The Labute approximate surface area is 60.5 Å². The molecule has 52 valence electrons. The average molecular weight is 147 g/mol. The highest BCUT2D eigenvalue weighted by Gasteiger charge is 2.13. The summed E-state index contributed by atoms with van der Waals surface area (Å²) in [6.45, 7) is 5.20. The highest BCUT2D eigenvalue weighted by Crippen LogP contribution is 2.11. The quantitative estimate of drug-likeness (QED) is 0.550. The lowest BCUT2D eigenvalue weighted by Gasteiger charge is -2.16. The van der Waals surface area contributed by atoms with E-state index in [0.717, 1.165) is 18.1 Å². The summed E-state index contributed by atoms with van der Waals surface area (Å²) in [5, 5.41) is 6.85. The van der Waals surface area contributed by atoms with Crippen LogP contribution in [0.5, 0.6) is 0 Å². The van der Waals surface area contributed by atoms with Crippen molar-refractivity contribution < 1.29 is 0 Å². The lowest BCUT2D eigenvalue weighted by Crippen LogP contribution is -2.22. The molecule has 0 radical (unpaired) electrons. The Kier molecular flexibility index (Phi) is 1.96. The zero-order chi connectivity index (χ0) is 6.85. The van der Waals surface area contributed by atoms with Gasteiger partial charge in [-0.1, -0.05) is 11.6 Å². The molecule has 0 atom stereocenters. The van der Waals surface area contributed by atoms with Crippen molar-refractivity contribution in [3.63, 3.8) is 0 Å². The van der Waals surface area contributed by atoms with Crippen molar-refractivity contribution in [3.8, 4) is 0 Å². The van der Waals surface area contributed by atoms with E-state index < -0.39 is 0 Å². The number of hydrazone groups is 1. The van der Waals surface area contributed by atoms with E-state index in [0.29, 0.717) is 6.04 Å². The molecule has 2 nitrogen and oxygen atoms in total. The maximum atomic E-state index is 5.66. The van der Waals surface area contributed by atoms with Crippen molar-refractivity contribution in [2.45, 2.75) is 26.3 Å². The van der Waals surface area contributed by atoms with Crippen molar-refractivity contribution in [2.75, 3.05) is 6.54 Å². The van der Waals surface area contributed by atoms with Crippen LogP contribution in [0.4, 0.5) is 0 Å². The van der Waals surface area contributed by atoms with Gasteiger partial charge in [0.2, 0.25) is 0 Å². The van der Waals surface area contributed by atoms with Gasteiger partial charge in [0, 0.05) is 19.0 Å². The minimum Gasteiger partial charge on any atom is -0.293 e. The van der Waals surface area contributed by atoms with Crippen LogP contribution in [0.1, 0.15) is 20.3 Å². The standard InChI is InChI=1S/C6H11ClN2/c1-5(2)9-4-3-6(7)8-9/h5H,3-4H2,1-2H3. The SMILES string of the molecule is CC(C)N1CCC(Cl)=N1. The van der Waals surface area contributed by atoms with E-state index in [1.165, 1.54) is 0 Å². The Bertz CT molecular complexity index is 131. The first kappa shape index (κ1) is 6.87. The van der Waals surface area contributed by atoms with Crippen molar-refractivity contribution >= 4 is 16.8 Å². The van der Waals surface area contributed by atoms with Gasteiger partial charge in [-0.25, -0.2) is 0 Å². The first-order valence-electron chi connectivity index (χ1n) is 3.20. The van der Waals surface area contributed by atoms with Gasteiger partial charge < -0.3 is 0 Å². The number of nitrogens with zero attached hydrogens (tertiary/aromatic N) is 2. The molecule has 0 N–H and O–H groups in total. The summed E-state index contributed by atoms with van der Waals surface area (Å²) in [7, 11) is 0. The van der Waals surface area contributed by atoms with Crippen LogP contribution in [-0.4, -0.2) is 22.8 Å².